The zero-order valence-electron chi connectivity index (χ0n) is 7.22. The van der Waals surface area contributed by atoms with Crippen LogP contribution >= 0.6 is 0 Å². The fourth-order valence-corrected chi connectivity index (χ4v) is 1.00. The Morgan fingerprint density at radius 2 is 2.25 bits per heavy atom. The van der Waals surface area contributed by atoms with Gasteiger partial charge in [0.2, 0.25) is 0 Å². The van der Waals surface area contributed by atoms with Crippen LogP contribution in [0.25, 0.3) is 5.84 Å². The van der Waals surface area contributed by atoms with Crippen LogP contribution in [0.3, 0.4) is 0 Å². The summed E-state index contributed by atoms with van der Waals surface area (Å²) in [4.78, 5) is 0. The van der Waals surface area contributed by atoms with Gasteiger partial charge in [-0.15, -0.1) is 11.8 Å². The molecule has 0 heterocycles. The number of hydrogen-bond donors (Lipinski definition) is 1. The molecule has 0 saturated heterocycles. The molecule has 0 atom stereocenters. The van der Waals surface area contributed by atoms with Gasteiger partial charge in [-0.1, -0.05) is 19.8 Å². The predicted octanol–water partition coefficient (Wildman–Crippen LogP) is 2.82. The number of aryl methyl sites for hydroxylation is 1. The largest absolute Gasteiger partial charge is 0.588 e. The molecule has 0 aliphatic carbocycles. The van der Waals surface area contributed by atoms with E-state index in [9.17, 15) is 0 Å². The molecule has 0 saturated carbocycles. The summed E-state index contributed by atoms with van der Waals surface area (Å²) < 4.78 is 0. The minimum atomic E-state index is 0. The van der Waals surface area contributed by atoms with Crippen molar-refractivity contribution >= 4 is 5.69 Å². The van der Waals surface area contributed by atoms with Crippen molar-refractivity contribution in [3.63, 3.8) is 0 Å². The molecule has 2 N–H and O–H groups in total. The molecule has 63 valence electrons. The van der Waals surface area contributed by atoms with Gasteiger partial charge < -0.3 is 11.3 Å². The molecular formula is C9H12N2Y-2. The molecule has 0 spiro atoms. The van der Waals surface area contributed by atoms with Gasteiger partial charge in [-0.3, -0.25) is 0 Å². The van der Waals surface area contributed by atoms with E-state index in [-0.39, 0.29) is 32.7 Å². The molecule has 0 bridgehead atoms. The van der Waals surface area contributed by atoms with E-state index in [1.165, 1.54) is 5.56 Å². The van der Waals surface area contributed by atoms with E-state index in [1.807, 2.05) is 18.2 Å². The van der Waals surface area contributed by atoms with Gasteiger partial charge in [-0.2, -0.15) is 23.8 Å². The summed E-state index contributed by atoms with van der Waals surface area (Å²) in [5, 5.41) is 0. The molecule has 12 heavy (non-hydrogen) atoms. The molecule has 3 heteroatoms. The number of rotatable bonds is 3. The predicted molar refractivity (Wildman–Crippen MR) is 47.2 cm³/mol. The third kappa shape index (κ3) is 3.66. The monoisotopic (exact) mass is 237 g/mol. The first-order valence-corrected chi connectivity index (χ1v) is 3.80. The van der Waals surface area contributed by atoms with Gasteiger partial charge in [-0.25, -0.2) is 0 Å². The van der Waals surface area contributed by atoms with Crippen LogP contribution in [-0.2, 0) is 39.1 Å². The molecule has 2 nitrogen and oxygen atoms in total. The van der Waals surface area contributed by atoms with Crippen LogP contribution in [0.15, 0.2) is 18.2 Å². The molecule has 1 aromatic carbocycles. The maximum absolute atomic E-state index is 6.89. The summed E-state index contributed by atoms with van der Waals surface area (Å²) in [5.41, 5.74) is 4.24. The van der Waals surface area contributed by atoms with E-state index >= 15 is 0 Å². The first-order valence-electron chi connectivity index (χ1n) is 3.80. The SMILES string of the molecule is CCCc1[c-]c(N[NH-])ccc1.[Y]. The maximum Gasteiger partial charge on any atom is 0 e. The van der Waals surface area contributed by atoms with Crippen molar-refractivity contribution in [1.82, 2.24) is 0 Å². The molecule has 0 amide bonds. The van der Waals surface area contributed by atoms with Crippen LogP contribution < -0.4 is 5.43 Å². The normalized spacial score (nSPS) is 8.83. The summed E-state index contributed by atoms with van der Waals surface area (Å²) in [6, 6.07) is 8.91. The maximum atomic E-state index is 6.89. The Labute approximate surface area is 98.8 Å². The molecule has 0 aromatic heterocycles. The second-order valence-corrected chi connectivity index (χ2v) is 2.46. The average Bonchev–Trinajstić information content (AvgIpc) is 2.06. The molecule has 0 unspecified atom stereocenters. The fraction of sp³-hybridized carbons (Fsp3) is 0.333. The van der Waals surface area contributed by atoms with Crippen LogP contribution in [0.1, 0.15) is 18.9 Å². The second-order valence-electron chi connectivity index (χ2n) is 2.46. The van der Waals surface area contributed by atoms with Crippen molar-refractivity contribution in [1.29, 1.82) is 0 Å². The van der Waals surface area contributed by atoms with Crippen LogP contribution in [-0.4, -0.2) is 0 Å². The zero-order chi connectivity index (χ0) is 8.10. The van der Waals surface area contributed by atoms with Gasteiger partial charge >= 0.3 is 0 Å². The third-order valence-electron chi connectivity index (χ3n) is 1.51. The zero-order valence-corrected chi connectivity index (χ0v) is 10.1. The van der Waals surface area contributed by atoms with E-state index in [0.29, 0.717) is 0 Å². The van der Waals surface area contributed by atoms with E-state index in [4.69, 9.17) is 5.84 Å². The molecule has 1 aromatic rings. The van der Waals surface area contributed by atoms with Crippen molar-refractivity contribution in [2.75, 3.05) is 5.43 Å². The minimum absolute atomic E-state index is 0. The Balaban J connectivity index is 0.00000121. The number of hydrogen-bond acceptors (Lipinski definition) is 1. The topological polar surface area (TPSA) is 35.8 Å². The first kappa shape index (κ1) is 12.1. The summed E-state index contributed by atoms with van der Waals surface area (Å²) in [7, 11) is 0. The van der Waals surface area contributed by atoms with E-state index < -0.39 is 0 Å². The van der Waals surface area contributed by atoms with Gasteiger partial charge in [0.25, 0.3) is 0 Å². The van der Waals surface area contributed by atoms with Gasteiger partial charge in [0.15, 0.2) is 0 Å². The van der Waals surface area contributed by atoms with Crippen LogP contribution in [0, 0.1) is 6.07 Å². The summed E-state index contributed by atoms with van der Waals surface area (Å²) >= 11 is 0. The van der Waals surface area contributed by atoms with Gasteiger partial charge in [0, 0.05) is 32.7 Å². The van der Waals surface area contributed by atoms with Gasteiger partial charge in [0.1, 0.15) is 0 Å². The molecule has 1 rings (SSSR count). The van der Waals surface area contributed by atoms with Crippen molar-refractivity contribution < 1.29 is 32.7 Å². The Bertz CT molecular complexity index is 226. The Hall–Kier alpha value is 0.0839. The quantitative estimate of drug-likeness (QED) is 0.636. The van der Waals surface area contributed by atoms with E-state index in [2.05, 4.69) is 18.4 Å². The standard InChI is InChI=1S/C9H12N2.Y/c1-2-4-8-5-3-6-9(7-8)11-10;/h3,5-6,10-11H,2,4H2,1H3;/q-2;. The molecular weight excluding hydrogens is 225 g/mol. The Kier molecular flexibility index (Phi) is 6.63. The van der Waals surface area contributed by atoms with E-state index in [0.717, 1.165) is 18.5 Å². The van der Waals surface area contributed by atoms with Crippen molar-refractivity contribution in [3.05, 3.63) is 35.7 Å². The smallest absolute Gasteiger partial charge is 0 e. The summed E-state index contributed by atoms with van der Waals surface area (Å²) in [6.45, 7) is 2.13. The van der Waals surface area contributed by atoms with Crippen molar-refractivity contribution in [2.24, 2.45) is 0 Å². The summed E-state index contributed by atoms with van der Waals surface area (Å²) in [5.74, 6) is 6.89. The van der Waals surface area contributed by atoms with Crippen LogP contribution in [0.4, 0.5) is 5.69 Å². The van der Waals surface area contributed by atoms with Crippen LogP contribution in [0.5, 0.6) is 0 Å². The molecule has 0 fully saturated rings. The third-order valence-corrected chi connectivity index (χ3v) is 1.51. The molecule has 1 radical (unpaired) electrons. The van der Waals surface area contributed by atoms with Crippen LogP contribution in [0.2, 0.25) is 0 Å². The van der Waals surface area contributed by atoms with Crippen molar-refractivity contribution in [3.8, 4) is 0 Å². The van der Waals surface area contributed by atoms with E-state index in [1.54, 1.807) is 0 Å². The molecule has 0 aliphatic heterocycles. The average molecular weight is 237 g/mol. The number of anilines is 1. The van der Waals surface area contributed by atoms with Crippen molar-refractivity contribution in [2.45, 2.75) is 19.8 Å². The second kappa shape index (κ2) is 6.58. The number of nitrogens with one attached hydrogen (secondary N) is 2. The molecule has 0 aliphatic rings. The van der Waals surface area contributed by atoms with Gasteiger partial charge in [-0.05, 0) is 0 Å². The Morgan fingerprint density at radius 3 is 2.83 bits per heavy atom. The summed E-state index contributed by atoms with van der Waals surface area (Å²) in [6.07, 6.45) is 2.16. The Morgan fingerprint density at radius 1 is 1.50 bits per heavy atom. The number of benzene rings is 1. The first-order chi connectivity index (χ1) is 5.36. The fourth-order valence-electron chi connectivity index (χ4n) is 1.00. The van der Waals surface area contributed by atoms with Gasteiger partial charge in [0.05, 0.1) is 0 Å². The minimum Gasteiger partial charge on any atom is -0.588 e.